The average Bonchev–Trinajstić information content (AvgIpc) is 2.48. The van der Waals surface area contributed by atoms with Crippen LogP contribution < -0.4 is 15.2 Å². The summed E-state index contributed by atoms with van der Waals surface area (Å²) in [5.41, 5.74) is 7.96. The van der Waals surface area contributed by atoms with E-state index in [4.69, 9.17) is 15.2 Å². The number of methoxy groups -OCH3 is 1. The standard InChI is InChI=1S/C16H19NO2/c1-18-15-7-8-16(14(11-15)12-17)19-10-9-13-5-3-2-4-6-13/h2-8,11H,9-10,12,17H2,1H3. The quantitative estimate of drug-likeness (QED) is 0.865. The van der Waals surface area contributed by atoms with Crippen molar-refractivity contribution in [2.24, 2.45) is 5.73 Å². The predicted octanol–water partition coefficient (Wildman–Crippen LogP) is 2.78. The second-order valence-electron chi connectivity index (χ2n) is 4.26. The van der Waals surface area contributed by atoms with Crippen LogP contribution >= 0.6 is 0 Å². The van der Waals surface area contributed by atoms with Crippen LogP contribution in [0.25, 0.3) is 0 Å². The van der Waals surface area contributed by atoms with Crippen LogP contribution in [0.3, 0.4) is 0 Å². The van der Waals surface area contributed by atoms with Crippen molar-refractivity contribution in [3.8, 4) is 11.5 Å². The first kappa shape index (κ1) is 13.4. The van der Waals surface area contributed by atoms with Gasteiger partial charge in [-0.15, -0.1) is 0 Å². The third-order valence-electron chi connectivity index (χ3n) is 2.98. The summed E-state index contributed by atoms with van der Waals surface area (Å²) in [6.07, 6.45) is 0.886. The minimum atomic E-state index is 0.442. The van der Waals surface area contributed by atoms with Crippen molar-refractivity contribution in [1.82, 2.24) is 0 Å². The molecule has 2 aromatic carbocycles. The normalized spacial score (nSPS) is 10.2. The van der Waals surface area contributed by atoms with E-state index in [2.05, 4.69) is 12.1 Å². The van der Waals surface area contributed by atoms with Crippen LogP contribution in [0.5, 0.6) is 11.5 Å². The molecule has 0 atom stereocenters. The highest BCUT2D eigenvalue weighted by atomic mass is 16.5. The summed E-state index contributed by atoms with van der Waals surface area (Å²) in [7, 11) is 1.64. The molecule has 0 unspecified atom stereocenters. The summed E-state index contributed by atoms with van der Waals surface area (Å²) < 4.78 is 11.0. The summed E-state index contributed by atoms with van der Waals surface area (Å²) in [5.74, 6) is 1.63. The van der Waals surface area contributed by atoms with Crippen LogP contribution in [0, 0.1) is 0 Å². The van der Waals surface area contributed by atoms with Crippen LogP contribution in [0.1, 0.15) is 11.1 Å². The third kappa shape index (κ3) is 3.73. The smallest absolute Gasteiger partial charge is 0.124 e. The molecular weight excluding hydrogens is 238 g/mol. The molecule has 0 spiro atoms. The van der Waals surface area contributed by atoms with Crippen LogP contribution in [-0.2, 0) is 13.0 Å². The molecule has 0 amide bonds. The first-order valence-corrected chi connectivity index (χ1v) is 6.37. The minimum Gasteiger partial charge on any atom is -0.497 e. The highest BCUT2D eigenvalue weighted by Gasteiger charge is 2.04. The Morgan fingerprint density at radius 3 is 2.53 bits per heavy atom. The van der Waals surface area contributed by atoms with Gasteiger partial charge in [0.15, 0.2) is 0 Å². The van der Waals surface area contributed by atoms with E-state index < -0.39 is 0 Å². The molecule has 100 valence electrons. The molecule has 3 heteroatoms. The number of benzene rings is 2. The molecule has 0 aliphatic carbocycles. The molecule has 2 rings (SSSR count). The maximum atomic E-state index is 5.80. The van der Waals surface area contributed by atoms with E-state index in [1.54, 1.807) is 7.11 Å². The summed E-state index contributed by atoms with van der Waals surface area (Å²) in [4.78, 5) is 0. The minimum absolute atomic E-state index is 0.442. The van der Waals surface area contributed by atoms with Crippen LogP contribution in [0.15, 0.2) is 48.5 Å². The van der Waals surface area contributed by atoms with E-state index in [-0.39, 0.29) is 0 Å². The third-order valence-corrected chi connectivity index (χ3v) is 2.98. The molecule has 0 radical (unpaired) electrons. The molecule has 0 aliphatic rings. The molecule has 2 N–H and O–H groups in total. The topological polar surface area (TPSA) is 44.5 Å². The number of ether oxygens (including phenoxy) is 2. The highest BCUT2D eigenvalue weighted by molar-refractivity contribution is 5.40. The molecule has 19 heavy (non-hydrogen) atoms. The first-order chi connectivity index (χ1) is 9.33. The lowest BCUT2D eigenvalue weighted by atomic mass is 10.1. The number of nitrogens with two attached hydrogens (primary N) is 1. The van der Waals surface area contributed by atoms with Crippen molar-refractivity contribution in [2.45, 2.75) is 13.0 Å². The van der Waals surface area contributed by atoms with Crippen molar-refractivity contribution in [3.63, 3.8) is 0 Å². The summed E-state index contributed by atoms with van der Waals surface area (Å²) in [5, 5.41) is 0. The van der Waals surface area contributed by atoms with Crippen molar-refractivity contribution >= 4 is 0 Å². The van der Waals surface area contributed by atoms with Gasteiger partial charge in [0.05, 0.1) is 13.7 Å². The SMILES string of the molecule is COc1ccc(OCCc2ccccc2)c(CN)c1. The van der Waals surface area contributed by atoms with E-state index >= 15 is 0 Å². The van der Waals surface area contributed by atoms with Gasteiger partial charge in [0.25, 0.3) is 0 Å². The molecule has 0 aromatic heterocycles. The Kier molecular flexibility index (Phi) is 4.81. The molecular formula is C16H19NO2. The molecule has 2 aromatic rings. The maximum Gasteiger partial charge on any atom is 0.124 e. The zero-order valence-corrected chi connectivity index (χ0v) is 11.1. The van der Waals surface area contributed by atoms with Crippen molar-refractivity contribution < 1.29 is 9.47 Å². The van der Waals surface area contributed by atoms with E-state index in [1.807, 2.05) is 36.4 Å². The van der Waals surface area contributed by atoms with Crippen molar-refractivity contribution in [1.29, 1.82) is 0 Å². The molecule has 3 nitrogen and oxygen atoms in total. The second kappa shape index (κ2) is 6.81. The van der Waals surface area contributed by atoms with Gasteiger partial charge in [-0.25, -0.2) is 0 Å². The fourth-order valence-corrected chi connectivity index (χ4v) is 1.91. The zero-order valence-electron chi connectivity index (χ0n) is 11.1. The molecule has 0 saturated carbocycles. The number of rotatable bonds is 6. The van der Waals surface area contributed by atoms with Gasteiger partial charge >= 0.3 is 0 Å². The van der Waals surface area contributed by atoms with Gasteiger partial charge in [0.2, 0.25) is 0 Å². The predicted molar refractivity (Wildman–Crippen MR) is 76.5 cm³/mol. The fraction of sp³-hybridized carbons (Fsp3) is 0.250. The largest absolute Gasteiger partial charge is 0.497 e. The maximum absolute atomic E-state index is 5.80. The Labute approximate surface area is 114 Å². The number of hydrogen-bond acceptors (Lipinski definition) is 3. The van der Waals surface area contributed by atoms with E-state index in [1.165, 1.54) is 5.56 Å². The average molecular weight is 257 g/mol. The lowest BCUT2D eigenvalue weighted by molar-refractivity contribution is 0.317. The van der Waals surface area contributed by atoms with Crippen LogP contribution in [-0.4, -0.2) is 13.7 Å². The Balaban J connectivity index is 1.96. The van der Waals surface area contributed by atoms with Gasteiger partial charge in [-0.3, -0.25) is 0 Å². The van der Waals surface area contributed by atoms with E-state index in [9.17, 15) is 0 Å². The summed E-state index contributed by atoms with van der Waals surface area (Å²) in [6, 6.07) is 16.0. The Bertz CT molecular complexity index is 511. The van der Waals surface area contributed by atoms with Gasteiger partial charge in [-0.05, 0) is 23.8 Å². The highest BCUT2D eigenvalue weighted by Crippen LogP contribution is 2.23. The van der Waals surface area contributed by atoms with Gasteiger partial charge in [0.1, 0.15) is 11.5 Å². The van der Waals surface area contributed by atoms with Crippen molar-refractivity contribution in [3.05, 3.63) is 59.7 Å². The lowest BCUT2D eigenvalue weighted by Gasteiger charge is -2.11. The Hall–Kier alpha value is -2.00. The Morgan fingerprint density at radius 2 is 1.84 bits per heavy atom. The first-order valence-electron chi connectivity index (χ1n) is 6.37. The molecule has 0 bridgehead atoms. The summed E-state index contributed by atoms with van der Waals surface area (Å²) >= 11 is 0. The monoisotopic (exact) mass is 257 g/mol. The van der Waals surface area contributed by atoms with Crippen LogP contribution in [0.4, 0.5) is 0 Å². The molecule has 0 aliphatic heterocycles. The van der Waals surface area contributed by atoms with E-state index in [0.717, 1.165) is 23.5 Å². The van der Waals surface area contributed by atoms with Gasteiger partial charge in [0, 0.05) is 18.5 Å². The fourth-order valence-electron chi connectivity index (χ4n) is 1.91. The summed E-state index contributed by atoms with van der Waals surface area (Å²) in [6.45, 7) is 1.08. The van der Waals surface area contributed by atoms with E-state index in [0.29, 0.717) is 13.2 Å². The Morgan fingerprint density at radius 1 is 1.05 bits per heavy atom. The van der Waals surface area contributed by atoms with Crippen molar-refractivity contribution in [2.75, 3.05) is 13.7 Å². The van der Waals surface area contributed by atoms with Gasteiger partial charge in [-0.2, -0.15) is 0 Å². The molecule has 0 saturated heterocycles. The zero-order chi connectivity index (χ0) is 13.5. The molecule has 0 fully saturated rings. The van der Waals surface area contributed by atoms with Crippen LogP contribution in [0.2, 0.25) is 0 Å². The van der Waals surface area contributed by atoms with Gasteiger partial charge < -0.3 is 15.2 Å². The molecule has 0 heterocycles. The second-order valence-corrected chi connectivity index (χ2v) is 4.26. The number of hydrogen-bond donors (Lipinski definition) is 1. The van der Waals surface area contributed by atoms with Gasteiger partial charge in [-0.1, -0.05) is 30.3 Å². The lowest BCUT2D eigenvalue weighted by Crippen LogP contribution is -2.06.